The molecule has 2 saturated carbocycles. The van der Waals surface area contributed by atoms with Gasteiger partial charge in [0, 0.05) is 0 Å². The predicted octanol–water partition coefficient (Wildman–Crippen LogP) is 4.65. The molecule has 0 bridgehead atoms. The van der Waals surface area contributed by atoms with E-state index < -0.39 is 0 Å². The molecule has 0 spiro atoms. The van der Waals surface area contributed by atoms with Crippen molar-refractivity contribution in [3.8, 4) is 0 Å². The third-order valence-electron chi connectivity index (χ3n) is 6.87. The zero-order valence-electron chi connectivity index (χ0n) is 15.5. The fourth-order valence-corrected chi connectivity index (χ4v) is 5.17. The summed E-state index contributed by atoms with van der Waals surface area (Å²) in [6.07, 6.45) is 12.9. The van der Waals surface area contributed by atoms with Gasteiger partial charge in [-0.15, -0.1) is 0 Å². The molecule has 0 aromatic heterocycles. The van der Waals surface area contributed by atoms with E-state index in [0.717, 1.165) is 25.7 Å². The molecule has 0 N–H and O–H groups in total. The van der Waals surface area contributed by atoms with E-state index in [0.29, 0.717) is 18.1 Å². The lowest BCUT2D eigenvalue weighted by atomic mass is 9.72. The highest BCUT2D eigenvalue weighted by atomic mass is 16.6. The molecule has 0 aromatic rings. The van der Waals surface area contributed by atoms with E-state index in [9.17, 15) is 0 Å². The Labute approximate surface area is 147 Å². The molecule has 3 heteroatoms. The highest BCUT2D eigenvalue weighted by molar-refractivity contribution is 5.17. The smallest absolute Gasteiger partial charge is 0.121 e. The topological polar surface area (TPSA) is 34.3 Å². The van der Waals surface area contributed by atoms with Gasteiger partial charge in [-0.1, -0.05) is 30.4 Å². The summed E-state index contributed by atoms with van der Waals surface area (Å²) in [5, 5.41) is 0. The van der Waals surface area contributed by atoms with E-state index >= 15 is 0 Å². The van der Waals surface area contributed by atoms with Crippen LogP contribution in [0.25, 0.3) is 0 Å². The normalized spacial score (nSPS) is 39.8. The molecule has 2 aliphatic carbocycles. The van der Waals surface area contributed by atoms with Gasteiger partial charge in [0.15, 0.2) is 0 Å². The molecular weight excluding hydrogens is 300 g/mol. The first-order chi connectivity index (χ1) is 11.7. The van der Waals surface area contributed by atoms with Gasteiger partial charge >= 0.3 is 0 Å². The second-order valence-electron chi connectivity index (χ2n) is 8.74. The van der Waals surface area contributed by atoms with Crippen LogP contribution < -0.4 is 0 Å². The number of epoxide rings is 2. The standard InChI is InChI=1S/C21H34O3/c1-15(2)16-8-10-18(11-9-16)21(14-22-12-19-13-23-19)20(24-21)17-6-4-3-5-7-17/h17-20H,3-14H2,1-2H3. The van der Waals surface area contributed by atoms with Gasteiger partial charge in [-0.05, 0) is 64.2 Å². The van der Waals surface area contributed by atoms with Crippen LogP contribution in [0, 0.1) is 11.8 Å². The van der Waals surface area contributed by atoms with Crippen molar-refractivity contribution in [3.05, 3.63) is 11.1 Å². The van der Waals surface area contributed by atoms with Gasteiger partial charge in [-0.2, -0.15) is 0 Å². The Hall–Kier alpha value is -0.380. The summed E-state index contributed by atoms with van der Waals surface area (Å²) in [6.45, 7) is 6.97. The van der Waals surface area contributed by atoms with Crippen molar-refractivity contribution in [1.29, 1.82) is 0 Å². The molecule has 3 nitrogen and oxygen atoms in total. The number of hydrogen-bond donors (Lipinski definition) is 0. The van der Waals surface area contributed by atoms with Gasteiger partial charge < -0.3 is 14.2 Å². The Morgan fingerprint density at radius 2 is 1.79 bits per heavy atom. The molecule has 0 amide bonds. The van der Waals surface area contributed by atoms with Crippen molar-refractivity contribution >= 4 is 0 Å². The maximum atomic E-state index is 6.50. The number of allylic oxidation sites excluding steroid dienone is 2. The van der Waals surface area contributed by atoms with E-state index in [1.807, 2.05) is 0 Å². The van der Waals surface area contributed by atoms with E-state index in [-0.39, 0.29) is 5.60 Å². The van der Waals surface area contributed by atoms with Crippen LogP contribution in [0.5, 0.6) is 0 Å². The summed E-state index contributed by atoms with van der Waals surface area (Å²) in [4.78, 5) is 0. The molecule has 136 valence electrons. The first-order valence-electron chi connectivity index (χ1n) is 10.2. The molecule has 3 atom stereocenters. The third-order valence-corrected chi connectivity index (χ3v) is 6.87. The van der Waals surface area contributed by atoms with Crippen LogP contribution in [0.3, 0.4) is 0 Å². The SMILES string of the molecule is CC(C)=C1CCC(C2(COCC3CO3)OC2C2CCCCC2)CC1. The van der Waals surface area contributed by atoms with Gasteiger partial charge in [-0.25, -0.2) is 0 Å². The first kappa shape index (κ1) is 17.1. The first-order valence-corrected chi connectivity index (χ1v) is 10.2. The molecule has 4 fully saturated rings. The van der Waals surface area contributed by atoms with Crippen LogP contribution in [-0.2, 0) is 14.2 Å². The lowest BCUT2D eigenvalue weighted by Gasteiger charge is -2.32. The summed E-state index contributed by atoms with van der Waals surface area (Å²) in [6, 6.07) is 0. The zero-order chi connectivity index (χ0) is 16.6. The fraction of sp³-hybridized carbons (Fsp3) is 0.905. The van der Waals surface area contributed by atoms with Crippen LogP contribution in [0.1, 0.15) is 71.6 Å². The summed E-state index contributed by atoms with van der Waals surface area (Å²) < 4.78 is 17.9. The molecule has 2 saturated heterocycles. The van der Waals surface area contributed by atoms with Crippen molar-refractivity contribution in [2.24, 2.45) is 11.8 Å². The molecule has 2 aliphatic heterocycles. The monoisotopic (exact) mass is 334 g/mol. The lowest BCUT2D eigenvalue weighted by Crippen LogP contribution is -2.37. The van der Waals surface area contributed by atoms with Gasteiger partial charge in [0.05, 0.1) is 25.9 Å². The second kappa shape index (κ2) is 7.09. The third kappa shape index (κ3) is 3.59. The summed E-state index contributed by atoms with van der Waals surface area (Å²) in [5.41, 5.74) is 3.25. The highest BCUT2D eigenvalue weighted by Gasteiger charge is 2.63. The zero-order valence-corrected chi connectivity index (χ0v) is 15.5. The minimum atomic E-state index is 0.0318. The molecule has 0 radical (unpaired) electrons. The molecule has 2 heterocycles. The average molecular weight is 335 g/mol. The Bertz CT molecular complexity index is 461. The Kier molecular flexibility index (Phi) is 5.04. The van der Waals surface area contributed by atoms with Gasteiger partial charge in [0.1, 0.15) is 11.7 Å². The molecule has 0 aromatic carbocycles. The van der Waals surface area contributed by atoms with E-state index in [4.69, 9.17) is 14.2 Å². The average Bonchev–Trinajstić information content (AvgIpc) is 3.52. The molecule has 4 aliphatic rings. The summed E-state index contributed by atoms with van der Waals surface area (Å²) in [5.74, 6) is 1.47. The van der Waals surface area contributed by atoms with Crippen LogP contribution >= 0.6 is 0 Å². The fourth-order valence-electron chi connectivity index (χ4n) is 5.17. The number of hydrogen-bond acceptors (Lipinski definition) is 3. The Balaban J connectivity index is 1.39. The van der Waals surface area contributed by atoms with Crippen LogP contribution in [0.2, 0.25) is 0 Å². The minimum absolute atomic E-state index is 0.0318. The second-order valence-corrected chi connectivity index (χ2v) is 8.74. The molecule has 4 rings (SSSR count). The number of rotatable bonds is 6. The summed E-state index contributed by atoms with van der Waals surface area (Å²) >= 11 is 0. The summed E-state index contributed by atoms with van der Waals surface area (Å²) in [7, 11) is 0. The quantitative estimate of drug-likeness (QED) is 0.524. The van der Waals surface area contributed by atoms with Gasteiger partial charge in [-0.3, -0.25) is 0 Å². The van der Waals surface area contributed by atoms with Crippen LogP contribution in [0.15, 0.2) is 11.1 Å². The number of ether oxygens (including phenoxy) is 3. The van der Waals surface area contributed by atoms with E-state index in [1.165, 1.54) is 63.4 Å². The molecule has 24 heavy (non-hydrogen) atoms. The Morgan fingerprint density at radius 1 is 1.08 bits per heavy atom. The van der Waals surface area contributed by atoms with Gasteiger partial charge in [0.25, 0.3) is 0 Å². The van der Waals surface area contributed by atoms with Crippen molar-refractivity contribution in [2.75, 3.05) is 19.8 Å². The maximum Gasteiger partial charge on any atom is 0.121 e. The van der Waals surface area contributed by atoms with Gasteiger partial charge in [0.2, 0.25) is 0 Å². The molecule has 3 unspecified atom stereocenters. The predicted molar refractivity (Wildman–Crippen MR) is 95.1 cm³/mol. The maximum absolute atomic E-state index is 6.50. The molecular formula is C21H34O3. The van der Waals surface area contributed by atoms with Crippen molar-refractivity contribution in [2.45, 2.75) is 89.4 Å². The van der Waals surface area contributed by atoms with Crippen molar-refractivity contribution in [3.63, 3.8) is 0 Å². The van der Waals surface area contributed by atoms with Crippen LogP contribution in [-0.4, -0.2) is 37.6 Å². The van der Waals surface area contributed by atoms with Crippen LogP contribution in [0.4, 0.5) is 0 Å². The van der Waals surface area contributed by atoms with Crippen molar-refractivity contribution < 1.29 is 14.2 Å². The van der Waals surface area contributed by atoms with E-state index in [1.54, 1.807) is 5.57 Å². The lowest BCUT2D eigenvalue weighted by molar-refractivity contribution is 0.0373. The Morgan fingerprint density at radius 3 is 2.42 bits per heavy atom. The van der Waals surface area contributed by atoms with E-state index in [2.05, 4.69) is 13.8 Å². The minimum Gasteiger partial charge on any atom is -0.376 e. The van der Waals surface area contributed by atoms with Crippen molar-refractivity contribution in [1.82, 2.24) is 0 Å². The highest BCUT2D eigenvalue weighted by Crippen LogP contribution is 2.55. The largest absolute Gasteiger partial charge is 0.376 e.